The van der Waals surface area contributed by atoms with Crippen LogP contribution in [0.3, 0.4) is 0 Å². The molecule has 0 aliphatic heterocycles. The normalized spacial score (nSPS) is 12.0. The molecule has 0 bridgehead atoms. The summed E-state index contributed by atoms with van der Waals surface area (Å²) in [7, 11) is 1.44. The van der Waals surface area contributed by atoms with Gasteiger partial charge in [0.2, 0.25) is 0 Å². The zero-order valence-corrected chi connectivity index (χ0v) is 5.74. The second-order valence-electron chi connectivity index (χ2n) is 1.91. The Balaban J connectivity index is 3.04. The molecule has 10 heavy (non-hydrogen) atoms. The largest absolute Gasteiger partial charge is 0.491 e. The van der Waals surface area contributed by atoms with Crippen molar-refractivity contribution in [3.05, 3.63) is 0 Å². The van der Waals surface area contributed by atoms with Gasteiger partial charge in [-0.1, -0.05) is 0 Å². The molecule has 6 heteroatoms. The summed E-state index contributed by atoms with van der Waals surface area (Å²) in [6.07, 6.45) is -0.886. The molecule has 0 fully saturated rings. The average molecular weight is 156 g/mol. The van der Waals surface area contributed by atoms with E-state index in [4.69, 9.17) is 0 Å². The van der Waals surface area contributed by atoms with Crippen LogP contribution < -0.4 is 5.32 Å². The lowest BCUT2D eigenvalue weighted by Crippen LogP contribution is -2.35. The molecule has 0 aliphatic carbocycles. The van der Waals surface area contributed by atoms with Crippen LogP contribution in [0.2, 0.25) is 0 Å². The minimum absolute atomic E-state index is 0.248. The maximum absolute atomic E-state index is 11.4. The van der Waals surface area contributed by atoms with Crippen LogP contribution in [0, 0.1) is 0 Å². The van der Waals surface area contributed by atoms with E-state index in [0.29, 0.717) is 6.61 Å². The lowest BCUT2D eigenvalue weighted by Gasteiger charge is -2.13. The van der Waals surface area contributed by atoms with E-state index in [1.165, 1.54) is 7.11 Å². The molecule has 62 valence electrons. The number of hydrogen-bond donors (Lipinski definition) is 1. The Morgan fingerprint density at radius 3 is 2.40 bits per heavy atom. The highest BCUT2D eigenvalue weighted by atomic mass is 19.4. The van der Waals surface area contributed by atoms with E-state index >= 15 is 0 Å². The van der Waals surface area contributed by atoms with Crippen LogP contribution in [-0.4, -0.2) is 33.7 Å². The van der Waals surface area contributed by atoms with Crippen molar-refractivity contribution >= 4 is 6.98 Å². The van der Waals surface area contributed by atoms with Crippen molar-refractivity contribution in [2.24, 2.45) is 0 Å². The molecule has 0 saturated heterocycles. The predicted molar refractivity (Wildman–Crippen MR) is 33.8 cm³/mol. The molecule has 0 unspecified atom stereocenters. The molecular formula is C4H10BF3NO-. The van der Waals surface area contributed by atoms with Gasteiger partial charge in [0.1, 0.15) is 0 Å². The Labute approximate surface area is 57.8 Å². The predicted octanol–water partition coefficient (Wildman–Crippen LogP) is 0.609. The Hall–Kier alpha value is -0.225. The SMILES string of the molecule is COCCNC[B-](F)(F)F. The highest BCUT2D eigenvalue weighted by Gasteiger charge is 2.21. The van der Waals surface area contributed by atoms with E-state index in [1.54, 1.807) is 0 Å². The molecule has 0 heterocycles. The Morgan fingerprint density at radius 2 is 2.00 bits per heavy atom. The molecule has 0 rings (SSSR count). The van der Waals surface area contributed by atoms with Gasteiger partial charge in [0.25, 0.3) is 0 Å². The van der Waals surface area contributed by atoms with Crippen molar-refractivity contribution in [2.75, 3.05) is 26.7 Å². The van der Waals surface area contributed by atoms with Gasteiger partial charge in [-0.2, -0.15) is 0 Å². The fourth-order valence-corrected chi connectivity index (χ4v) is 0.440. The first-order valence-corrected chi connectivity index (χ1v) is 2.97. The zero-order chi connectivity index (χ0) is 8.04. The van der Waals surface area contributed by atoms with Crippen LogP contribution in [0.5, 0.6) is 0 Å². The summed E-state index contributed by atoms with van der Waals surface area (Å²) < 4.78 is 38.9. The van der Waals surface area contributed by atoms with Crippen LogP contribution >= 0.6 is 0 Å². The van der Waals surface area contributed by atoms with Crippen molar-refractivity contribution in [2.45, 2.75) is 0 Å². The number of halogens is 3. The standard InChI is InChI=1S/C4H10BF3NO/c1-10-3-2-9-4-5(6,7)8/h9H,2-4H2,1H3/q-1. The topological polar surface area (TPSA) is 21.3 Å². The molecule has 0 aromatic rings. The maximum Gasteiger partial charge on any atom is 0.491 e. The van der Waals surface area contributed by atoms with Gasteiger partial charge in [0.15, 0.2) is 0 Å². The smallest absolute Gasteiger partial charge is 0.448 e. The molecule has 0 atom stereocenters. The summed E-state index contributed by atoms with van der Waals surface area (Å²) in [5.41, 5.74) is 0. The van der Waals surface area contributed by atoms with Gasteiger partial charge in [-0.15, -0.1) is 0 Å². The molecule has 0 spiro atoms. The minimum atomic E-state index is -4.68. The molecule has 1 N–H and O–H groups in total. The maximum atomic E-state index is 11.4. The molecular weight excluding hydrogens is 146 g/mol. The highest BCUT2D eigenvalue weighted by molar-refractivity contribution is 6.58. The van der Waals surface area contributed by atoms with Gasteiger partial charge in [-0.05, 0) is 6.44 Å². The third kappa shape index (κ3) is 7.77. The summed E-state index contributed by atoms with van der Waals surface area (Å²) in [6, 6.07) is 0. The lowest BCUT2D eigenvalue weighted by molar-refractivity contribution is 0.200. The third-order valence-electron chi connectivity index (χ3n) is 0.859. The molecule has 2 nitrogen and oxygen atoms in total. The average Bonchev–Trinajstić information content (AvgIpc) is 1.78. The molecule has 0 aliphatic rings. The number of rotatable bonds is 5. The van der Waals surface area contributed by atoms with Crippen molar-refractivity contribution in [3.63, 3.8) is 0 Å². The van der Waals surface area contributed by atoms with Crippen LogP contribution in [0.15, 0.2) is 0 Å². The van der Waals surface area contributed by atoms with Gasteiger partial charge in [-0.25, -0.2) is 0 Å². The minimum Gasteiger partial charge on any atom is -0.448 e. The van der Waals surface area contributed by atoms with Gasteiger partial charge in [-0.3, -0.25) is 0 Å². The van der Waals surface area contributed by atoms with Crippen molar-refractivity contribution in [1.29, 1.82) is 0 Å². The Morgan fingerprint density at radius 1 is 1.40 bits per heavy atom. The zero-order valence-electron chi connectivity index (χ0n) is 5.74. The van der Waals surface area contributed by atoms with E-state index in [0.717, 1.165) is 0 Å². The van der Waals surface area contributed by atoms with E-state index in [9.17, 15) is 12.9 Å². The van der Waals surface area contributed by atoms with E-state index in [1.807, 2.05) is 0 Å². The lowest BCUT2D eigenvalue weighted by atomic mass is 9.93. The van der Waals surface area contributed by atoms with Crippen LogP contribution in [0.4, 0.5) is 12.9 Å². The molecule has 0 aromatic heterocycles. The Bertz CT molecular complexity index is 87.1. The quantitative estimate of drug-likeness (QED) is 0.465. The molecule has 0 radical (unpaired) electrons. The van der Waals surface area contributed by atoms with Crippen LogP contribution in [0.1, 0.15) is 0 Å². The van der Waals surface area contributed by atoms with Gasteiger partial charge >= 0.3 is 6.98 Å². The molecule has 0 amide bonds. The first kappa shape index (κ1) is 9.77. The molecule has 0 saturated carbocycles. The number of hydrogen-bond acceptors (Lipinski definition) is 2. The van der Waals surface area contributed by atoms with Gasteiger partial charge in [0, 0.05) is 13.7 Å². The van der Waals surface area contributed by atoms with E-state index < -0.39 is 13.4 Å². The third-order valence-corrected chi connectivity index (χ3v) is 0.859. The van der Waals surface area contributed by atoms with Crippen LogP contribution in [-0.2, 0) is 4.74 Å². The Kier molecular flexibility index (Phi) is 4.47. The highest BCUT2D eigenvalue weighted by Crippen LogP contribution is 2.04. The number of nitrogens with one attached hydrogen (secondary N) is 1. The fourth-order valence-electron chi connectivity index (χ4n) is 0.440. The second-order valence-corrected chi connectivity index (χ2v) is 1.91. The monoisotopic (exact) mass is 156 g/mol. The fraction of sp³-hybridized carbons (Fsp3) is 1.00. The van der Waals surface area contributed by atoms with Gasteiger partial charge < -0.3 is 23.0 Å². The summed E-state index contributed by atoms with van der Waals surface area (Å²) in [5, 5.41) is 2.20. The number of methoxy groups -OCH3 is 1. The van der Waals surface area contributed by atoms with Crippen molar-refractivity contribution in [1.82, 2.24) is 5.32 Å². The second kappa shape index (κ2) is 4.57. The first-order valence-electron chi connectivity index (χ1n) is 2.97. The summed E-state index contributed by atoms with van der Waals surface area (Å²) in [5.74, 6) is 0. The van der Waals surface area contributed by atoms with E-state index in [2.05, 4.69) is 10.1 Å². The van der Waals surface area contributed by atoms with Crippen LogP contribution in [0.25, 0.3) is 0 Å². The van der Waals surface area contributed by atoms with Crippen molar-refractivity contribution in [3.8, 4) is 0 Å². The van der Waals surface area contributed by atoms with E-state index in [-0.39, 0.29) is 6.54 Å². The molecule has 0 aromatic carbocycles. The summed E-state index contributed by atoms with van der Waals surface area (Å²) >= 11 is 0. The van der Waals surface area contributed by atoms with Crippen molar-refractivity contribution < 1.29 is 17.7 Å². The summed E-state index contributed by atoms with van der Waals surface area (Å²) in [6.45, 7) is -4.12. The summed E-state index contributed by atoms with van der Waals surface area (Å²) in [4.78, 5) is 0. The van der Waals surface area contributed by atoms with Gasteiger partial charge in [0.05, 0.1) is 6.61 Å². The number of ether oxygens (including phenoxy) is 1. The first-order chi connectivity index (χ1) is 4.56.